The van der Waals surface area contributed by atoms with Gasteiger partial charge in [-0.2, -0.15) is 0 Å². The van der Waals surface area contributed by atoms with Gasteiger partial charge in [-0.15, -0.1) is 0 Å². The number of hydrogen-bond acceptors (Lipinski definition) is 3. The molecule has 0 aromatic rings. The molecule has 1 rings (SSSR count). The smallest absolute Gasteiger partial charge is 0.243 e. The maximum absolute atomic E-state index is 11.2. The first-order valence-corrected chi connectivity index (χ1v) is 4.19. The molecule has 68 valence electrons. The third-order valence-electron chi connectivity index (χ3n) is 2.05. The number of piperazine rings is 1. The molecule has 12 heavy (non-hydrogen) atoms. The van der Waals surface area contributed by atoms with Crippen LogP contribution in [0.1, 0.15) is 19.8 Å². The molecule has 2 amide bonds. The molecule has 1 saturated heterocycles. The number of imide groups is 1. The second kappa shape index (κ2) is 3.67. The van der Waals surface area contributed by atoms with Crippen LogP contribution >= 0.6 is 0 Å². The summed E-state index contributed by atoms with van der Waals surface area (Å²) in [5, 5.41) is 2.33. The maximum atomic E-state index is 11.2. The molecule has 4 nitrogen and oxygen atoms in total. The van der Waals surface area contributed by atoms with E-state index in [1.807, 2.05) is 6.92 Å². The Labute approximate surface area is 71.9 Å². The van der Waals surface area contributed by atoms with Gasteiger partial charge in [0, 0.05) is 0 Å². The van der Waals surface area contributed by atoms with Gasteiger partial charge >= 0.3 is 0 Å². The van der Waals surface area contributed by atoms with Gasteiger partial charge in [-0.3, -0.25) is 19.8 Å². The summed E-state index contributed by atoms with van der Waals surface area (Å²) in [5.74, 6) is -0.356. The predicted octanol–water partition coefficient (Wildman–Crippen LogP) is -0.257. The molecule has 1 atom stereocenters. The van der Waals surface area contributed by atoms with E-state index in [0.29, 0.717) is 6.54 Å². The van der Waals surface area contributed by atoms with Crippen molar-refractivity contribution in [1.29, 1.82) is 0 Å². The lowest BCUT2D eigenvalue weighted by Gasteiger charge is -2.30. The molecule has 1 heterocycles. The zero-order valence-electron chi connectivity index (χ0n) is 7.46. The van der Waals surface area contributed by atoms with Crippen LogP contribution < -0.4 is 5.32 Å². The van der Waals surface area contributed by atoms with Crippen molar-refractivity contribution < 1.29 is 9.59 Å². The van der Waals surface area contributed by atoms with Crippen molar-refractivity contribution in [3.05, 3.63) is 0 Å². The normalized spacial score (nSPS) is 25.7. The lowest BCUT2D eigenvalue weighted by Crippen LogP contribution is -2.56. The number of carbonyl (C=O) groups excluding carboxylic acids is 2. The highest BCUT2D eigenvalue weighted by molar-refractivity contribution is 6.00. The van der Waals surface area contributed by atoms with Gasteiger partial charge in [0.05, 0.1) is 12.6 Å². The first-order valence-electron chi connectivity index (χ1n) is 4.19. The molecule has 1 fully saturated rings. The molecule has 0 saturated carbocycles. The lowest BCUT2D eigenvalue weighted by atomic mass is 10.1. The Morgan fingerprint density at radius 1 is 1.58 bits per heavy atom. The van der Waals surface area contributed by atoms with Crippen molar-refractivity contribution in [2.24, 2.45) is 0 Å². The van der Waals surface area contributed by atoms with Crippen LogP contribution in [0.2, 0.25) is 0 Å². The van der Waals surface area contributed by atoms with E-state index in [1.54, 1.807) is 11.9 Å². The van der Waals surface area contributed by atoms with Crippen LogP contribution in [0.25, 0.3) is 0 Å². The SMILES string of the molecule is CCCC1C(=O)NC(=O)CN1C. The largest absolute Gasteiger partial charge is 0.294 e. The van der Waals surface area contributed by atoms with Gasteiger partial charge in [0.25, 0.3) is 0 Å². The molecule has 0 aliphatic carbocycles. The van der Waals surface area contributed by atoms with Crippen molar-refractivity contribution in [2.75, 3.05) is 13.6 Å². The van der Waals surface area contributed by atoms with Gasteiger partial charge in [0.2, 0.25) is 11.8 Å². The zero-order valence-corrected chi connectivity index (χ0v) is 7.46. The fraction of sp³-hybridized carbons (Fsp3) is 0.750. The number of rotatable bonds is 2. The van der Waals surface area contributed by atoms with Crippen LogP contribution in [0.5, 0.6) is 0 Å². The van der Waals surface area contributed by atoms with Crippen LogP contribution in [-0.4, -0.2) is 36.3 Å². The van der Waals surface area contributed by atoms with E-state index in [2.05, 4.69) is 5.32 Å². The number of likely N-dealkylation sites (N-methyl/N-ethyl adjacent to an activating group) is 1. The Morgan fingerprint density at radius 3 is 2.75 bits per heavy atom. The summed E-state index contributed by atoms with van der Waals surface area (Å²) in [5.41, 5.74) is 0. The van der Waals surface area contributed by atoms with E-state index in [9.17, 15) is 9.59 Å². The summed E-state index contributed by atoms with van der Waals surface area (Å²) < 4.78 is 0. The lowest BCUT2D eigenvalue weighted by molar-refractivity contribution is -0.139. The highest BCUT2D eigenvalue weighted by Crippen LogP contribution is 2.08. The van der Waals surface area contributed by atoms with E-state index in [4.69, 9.17) is 0 Å². The number of hydrogen-bond donors (Lipinski definition) is 1. The van der Waals surface area contributed by atoms with Crippen molar-refractivity contribution in [1.82, 2.24) is 10.2 Å². The Bertz CT molecular complexity index is 203. The summed E-state index contributed by atoms with van der Waals surface area (Å²) in [6.07, 6.45) is 1.77. The van der Waals surface area contributed by atoms with Gasteiger partial charge < -0.3 is 0 Å². The molecule has 1 N–H and O–H groups in total. The van der Waals surface area contributed by atoms with Gasteiger partial charge in [-0.1, -0.05) is 13.3 Å². The highest BCUT2D eigenvalue weighted by atomic mass is 16.2. The second-order valence-corrected chi connectivity index (χ2v) is 3.13. The van der Waals surface area contributed by atoms with Crippen LogP contribution in [-0.2, 0) is 9.59 Å². The molecule has 0 aromatic carbocycles. The molecule has 1 aliphatic heterocycles. The van der Waals surface area contributed by atoms with Gasteiger partial charge in [0.1, 0.15) is 0 Å². The van der Waals surface area contributed by atoms with Crippen LogP contribution in [0.3, 0.4) is 0 Å². The van der Waals surface area contributed by atoms with E-state index >= 15 is 0 Å². The van der Waals surface area contributed by atoms with E-state index in [-0.39, 0.29) is 17.9 Å². The second-order valence-electron chi connectivity index (χ2n) is 3.13. The maximum Gasteiger partial charge on any atom is 0.243 e. The van der Waals surface area contributed by atoms with Crippen LogP contribution in [0.15, 0.2) is 0 Å². The monoisotopic (exact) mass is 170 g/mol. The van der Waals surface area contributed by atoms with Crippen LogP contribution in [0.4, 0.5) is 0 Å². The summed E-state index contributed by atoms with van der Waals surface area (Å²) in [6.45, 7) is 2.36. The molecule has 1 aliphatic rings. The Morgan fingerprint density at radius 2 is 2.25 bits per heavy atom. The molecule has 0 spiro atoms. The molecular formula is C8H14N2O2. The van der Waals surface area contributed by atoms with Crippen molar-refractivity contribution in [2.45, 2.75) is 25.8 Å². The molecule has 0 aromatic heterocycles. The minimum absolute atomic E-state index is 0.118. The zero-order chi connectivity index (χ0) is 9.14. The Hall–Kier alpha value is -0.900. The number of nitrogens with zero attached hydrogens (tertiary/aromatic N) is 1. The quantitative estimate of drug-likeness (QED) is 0.581. The molecule has 1 unspecified atom stereocenters. The van der Waals surface area contributed by atoms with Gasteiger partial charge in [0.15, 0.2) is 0 Å². The first kappa shape index (κ1) is 9.19. The first-order chi connectivity index (χ1) is 5.65. The summed E-state index contributed by atoms with van der Waals surface area (Å²) in [4.78, 5) is 23.9. The average Bonchev–Trinajstić information content (AvgIpc) is 1.96. The third-order valence-corrected chi connectivity index (χ3v) is 2.05. The molecule has 4 heteroatoms. The van der Waals surface area contributed by atoms with Crippen molar-refractivity contribution >= 4 is 11.8 Å². The summed E-state index contributed by atoms with van der Waals surface area (Å²) >= 11 is 0. The minimum Gasteiger partial charge on any atom is -0.294 e. The number of nitrogens with one attached hydrogen (secondary N) is 1. The third kappa shape index (κ3) is 1.82. The standard InChI is InChI=1S/C8H14N2O2/c1-3-4-6-8(12)9-7(11)5-10(6)2/h6H,3-5H2,1-2H3,(H,9,11,12). The Kier molecular flexibility index (Phi) is 2.81. The molecule has 0 bridgehead atoms. The fourth-order valence-electron chi connectivity index (χ4n) is 1.42. The Balaban J connectivity index is 2.60. The topological polar surface area (TPSA) is 49.4 Å². The van der Waals surface area contributed by atoms with E-state index in [1.165, 1.54) is 0 Å². The van der Waals surface area contributed by atoms with Gasteiger partial charge in [-0.25, -0.2) is 0 Å². The summed E-state index contributed by atoms with van der Waals surface area (Å²) in [7, 11) is 1.80. The number of carbonyl (C=O) groups is 2. The number of amides is 2. The van der Waals surface area contributed by atoms with E-state index < -0.39 is 0 Å². The van der Waals surface area contributed by atoms with Crippen molar-refractivity contribution in [3.8, 4) is 0 Å². The van der Waals surface area contributed by atoms with Crippen LogP contribution in [0, 0.1) is 0 Å². The molecule has 0 radical (unpaired) electrons. The summed E-state index contributed by atoms with van der Waals surface area (Å²) in [6, 6.07) is -0.118. The van der Waals surface area contributed by atoms with Gasteiger partial charge in [-0.05, 0) is 13.5 Å². The highest BCUT2D eigenvalue weighted by Gasteiger charge is 2.29. The predicted molar refractivity (Wildman–Crippen MR) is 44.5 cm³/mol. The van der Waals surface area contributed by atoms with Crippen molar-refractivity contribution in [3.63, 3.8) is 0 Å². The average molecular weight is 170 g/mol. The minimum atomic E-state index is -0.199. The van der Waals surface area contributed by atoms with E-state index in [0.717, 1.165) is 12.8 Å². The molecular weight excluding hydrogens is 156 g/mol. The fourth-order valence-corrected chi connectivity index (χ4v) is 1.42.